The molecule has 1 amide bonds. The Morgan fingerprint density at radius 3 is 2.48 bits per heavy atom. The number of nitrogens with zero attached hydrogens (tertiary/aromatic N) is 3. The lowest BCUT2D eigenvalue weighted by atomic mass is 10.1. The number of carboxylic acid groups (broad SMARTS) is 1. The van der Waals surface area contributed by atoms with Crippen LogP contribution in [-0.4, -0.2) is 64.1 Å². The highest BCUT2D eigenvalue weighted by molar-refractivity contribution is 6.31. The van der Waals surface area contributed by atoms with E-state index in [-0.39, 0.29) is 35.6 Å². The molecule has 1 aromatic carbocycles. The van der Waals surface area contributed by atoms with Crippen LogP contribution < -0.4 is 27.3 Å². The van der Waals surface area contributed by atoms with Crippen molar-refractivity contribution in [3.8, 4) is 5.75 Å². The van der Waals surface area contributed by atoms with Crippen molar-refractivity contribution in [2.24, 2.45) is 5.73 Å². The van der Waals surface area contributed by atoms with Gasteiger partial charge < -0.3 is 32.4 Å². The van der Waals surface area contributed by atoms with Gasteiger partial charge in [-0.05, 0) is 37.0 Å². The van der Waals surface area contributed by atoms with Gasteiger partial charge >= 0.3 is 5.97 Å². The molecule has 0 saturated heterocycles. The first-order valence-electron chi connectivity index (χ1n) is 10.1. The molecule has 178 valence electrons. The number of aliphatic carboxylic acids is 1. The van der Waals surface area contributed by atoms with Crippen molar-refractivity contribution in [1.82, 2.24) is 20.2 Å². The number of guanidine groups is 1. The highest BCUT2D eigenvalue weighted by Crippen LogP contribution is 2.19. The number of hydrogen-bond acceptors (Lipinski definition) is 9. The minimum atomic E-state index is -0.914. The van der Waals surface area contributed by atoms with Crippen molar-refractivity contribution in [1.29, 1.82) is 5.41 Å². The van der Waals surface area contributed by atoms with Crippen LogP contribution in [0, 0.1) is 5.41 Å². The number of unbranched alkanes of at least 4 members (excludes halogenated alkanes) is 1. The molecule has 0 aliphatic carbocycles. The molecule has 0 atom stereocenters. The standard InChI is InChI=1S/C20H27ClN8O4/c21-16-18(23)28-17(22)15(27-16)19(32)29(20(24)25)9-2-1-3-12-4-6-13(7-5-12)33-10-8-26-11-14(30)31/h4-7,26H,1-3,8-11H2,(H3,24,25)(H,30,31)(H4,22,23,28). The van der Waals surface area contributed by atoms with E-state index in [0.717, 1.165) is 23.3 Å². The molecule has 13 heteroatoms. The van der Waals surface area contributed by atoms with E-state index in [1.807, 2.05) is 24.3 Å². The number of rotatable bonds is 12. The van der Waals surface area contributed by atoms with Crippen molar-refractivity contribution in [3.63, 3.8) is 0 Å². The summed E-state index contributed by atoms with van der Waals surface area (Å²) in [5.41, 5.74) is 17.7. The molecule has 0 bridgehead atoms. The Kier molecular flexibility index (Phi) is 9.63. The van der Waals surface area contributed by atoms with E-state index in [2.05, 4.69) is 15.3 Å². The van der Waals surface area contributed by atoms with Gasteiger partial charge in [-0.25, -0.2) is 9.97 Å². The summed E-state index contributed by atoms with van der Waals surface area (Å²) in [5, 5.41) is 18.9. The van der Waals surface area contributed by atoms with Crippen molar-refractivity contribution >= 4 is 41.1 Å². The first-order valence-corrected chi connectivity index (χ1v) is 10.5. The minimum absolute atomic E-state index is 0.0913. The summed E-state index contributed by atoms with van der Waals surface area (Å²) in [6.45, 7) is 0.875. The van der Waals surface area contributed by atoms with Crippen molar-refractivity contribution in [2.45, 2.75) is 19.3 Å². The number of amides is 1. The summed E-state index contributed by atoms with van der Waals surface area (Å²) in [4.78, 5) is 31.8. The zero-order valence-electron chi connectivity index (χ0n) is 17.9. The van der Waals surface area contributed by atoms with Gasteiger partial charge in [0.05, 0.1) is 6.54 Å². The lowest BCUT2D eigenvalue weighted by Crippen LogP contribution is -2.42. The number of aromatic nitrogens is 2. The summed E-state index contributed by atoms with van der Waals surface area (Å²) in [6.07, 6.45) is 2.06. The zero-order chi connectivity index (χ0) is 24.4. The van der Waals surface area contributed by atoms with Gasteiger partial charge in [-0.1, -0.05) is 23.7 Å². The molecular formula is C20H27ClN8O4. The second kappa shape index (κ2) is 12.4. The third-order valence-corrected chi connectivity index (χ3v) is 4.77. The maximum Gasteiger partial charge on any atom is 0.317 e. The van der Waals surface area contributed by atoms with Gasteiger partial charge in [0.1, 0.15) is 12.4 Å². The van der Waals surface area contributed by atoms with Crippen LogP contribution in [0.15, 0.2) is 24.3 Å². The van der Waals surface area contributed by atoms with Crippen LogP contribution in [0.4, 0.5) is 11.6 Å². The van der Waals surface area contributed by atoms with E-state index in [4.69, 9.17) is 44.1 Å². The van der Waals surface area contributed by atoms with Gasteiger partial charge in [0, 0.05) is 13.1 Å². The fourth-order valence-corrected chi connectivity index (χ4v) is 2.97. The first-order chi connectivity index (χ1) is 15.7. The Labute approximate surface area is 195 Å². The minimum Gasteiger partial charge on any atom is -0.492 e. The number of carbonyl (C=O) groups is 2. The number of anilines is 2. The molecule has 2 rings (SSSR count). The second-order valence-electron chi connectivity index (χ2n) is 7.00. The van der Waals surface area contributed by atoms with Gasteiger partial charge in [0.15, 0.2) is 28.4 Å². The Bertz CT molecular complexity index is 987. The van der Waals surface area contributed by atoms with Crippen LogP contribution in [-0.2, 0) is 11.2 Å². The lowest BCUT2D eigenvalue weighted by molar-refractivity contribution is -0.135. The number of benzene rings is 1. The molecule has 0 spiro atoms. The SMILES string of the molecule is N=C(N)N(CCCCc1ccc(OCCNCC(=O)O)cc1)C(=O)c1nc(Cl)c(N)nc1N. The van der Waals surface area contributed by atoms with Crippen LogP contribution in [0.2, 0.25) is 5.15 Å². The molecule has 0 unspecified atom stereocenters. The molecule has 2 aromatic rings. The Hall–Kier alpha value is -3.64. The molecule has 33 heavy (non-hydrogen) atoms. The van der Waals surface area contributed by atoms with Gasteiger partial charge in [-0.2, -0.15) is 0 Å². The van der Waals surface area contributed by atoms with Crippen LogP contribution >= 0.6 is 11.6 Å². The van der Waals surface area contributed by atoms with E-state index in [9.17, 15) is 9.59 Å². The lowest BCUT2D eigenvalue weighted by Gasteiger charge is -2.20. The fourth-order valence-electron chi connectivity index (χ4n) is 2.85. The number of nitrogens with one attached hydrogen (secondary N) is 2. The molecule has 0 aliphatic rings. The molecule has 1 aromatic heterocycles. The summed E-state index contributed by atoms with van der Waals surface area (Å²) in [7, 11) is 0. The van der Waals surface area contributed by atoms with Gasteiger partial charge in [-0.15, -0.1) is 0 Å². The van der Waals surface area contributed by atoms with E-state index < -0.39 is 17.8 Å². The Morgan fingerprint density at radius 1 is 1.15 bits per heavy atom. The summed E-state index contributed by atoms with van der Waals surface area (Å²) in [5.74, 6) is -1.62. The Balaban J connectivity index is 1.81. The molecule has 1 heterocycles. The van der Waals surface area contributed by atoms with Crippen LogP contribution in [0.3, 0.4) is 0 Å². The average Bonchev–Trinajstić information content (AvgIpc) is 2.76. The molecular weight excluding hydrogens is 452 g/mol. The maximum atomic E-state index is 12.7. The van der Waals surface area contributed by atoms with E-state index in [1.165, 1.54) is 0 Å². The van der Waals surface area contributed by atoms with Crippen LogP contribution in [0.25, 0.3) is 0 Å². The summed E-state index contributed by atoms with van der Waals surface area (Å²) < 4.78 is 5.54. The van der Waals surface area contributed by atoms with Gasteiger partial charge in [0.2, 0.25) is 0 Å². The molecule has 0 radical (unpaired) electrons. The molecule has 0 aliphatic heterocycles. The first kappa shape index (κ1) is 25.6. The number of aryl methyl sites for hydroxylation is 1. The third kappa shape index (κ3) is 8.09. The normalized spacial score (nSPS) is 10.6. The van der Waals surface area contributed by atoms with Crippen molar-refractivity contribution < 1.29 is 19.4 Å². The summed E-state index contributed by atoms with van der Waals surface area (Å²) >= 11 is 5.83. The van der Waals surface area contributed by atoms with E-state index in [0.29, 0.717) is 25.3 Å². The topological polar surface area (TPSA) is 207 Å². The Morgan fingerprint density at radius 2 is 1.85 bits per heavy atom. The number of nitrogen functional groups attached to an aromatic ring is 2. The van der Waals surface area contributed by atoms with Crippen LogP contribution in [0.5, 0.6) is 5.75 Å². The quantitative estimate of drug-likeness (QED) is 0.143. The smallest absolute Gasteiger partial charge is 0.317 e. The predicted octanol–water partition coefficient (Wildman–Crippen LogP) is 0.706. The van der Waals surface area contributed by atoms with Gasteiger partial charge in [0.25, 0.3) is 5.91 Å². The molecule has 9 N–H and O–H groups in total. The van der Waals surface area contributed by atoms with Crippen LogP contribution in [0.1, 0.15) is 28.9 Å². The summed E-state index contributed by atoms with van der Waals surface area (Å²) in [6, 6.07) is 7.54. The molecule has 0 fully saturated rings. The van der Waals surface area contributed by atoms with E-state index in [1.54, 1.807) is 0 Å². The number of halogens is 1. The molecule has 12 nitrogen and oxygen atoms in total. The predicted molar refractivity (Wildman–Crippen MR) is 124 cm³/mol. The molecule has 0 saturated carbocycles. The number of ether oxygens (including phenoxy) is 1. The fraction of sp³-hybridized carbons (Fsp3) is 0.350. The average molecular weight is 479 g/mol. The van der Waals surface area contributed by atoms with Gasteiger partial charge in [-0.3, -0.25) is 19.9 Å². The second-order valence-corrected chi connectivity index (χ2v) is 7.35. The van der Waals surface area contributed by atoms with Crippen molar-refractivity contribution in [3.05, 3.63) is 40.7 Å². The van der Waals surface area contributed by atoms with E-state index >= 15 is 0 Å². The number of carbonyl (C=O) groups excluding carboxylic acids is 1. The monoisotopic (exact) mass is 478 g/mol. The van der Waals surface area contributed by atoms with Crippen molar-refractivity contribution in [2.75, 3.05) is 37.7 Å². The maximum absolute atomic E-state index is 12.7. The largest absolute Gasteiger partial charge is 0.492 e. The number of carboxylic acids is 1. The zero-order valence-corrected chi connectivity index (χ0v) is 18.6. The number of nitrogens with two attached hydrogens (primary N) is 3. The highest BCUT2D eigenvalue weighted by atomic mass is 35.5. The highest BCUT2D eigenvalue weighted by Gasteiger charge is 2.23. The number of hydrogen-bond donors (Lipinski definition) is 6. The third-order valence-electron chi connectivity index (χ3n) is 4.49.